The molecule has 0 spiro atoms. The van der Waals surface area contributed by atoms with E-state index in [-0.39, 0.29) is 6.10 Å². The highest BCUT2D eigenvalue weighted by molar-refractivity contribution is 5.21. The van der Waals surface area contributed by atoms with Gasteiger partial charge in [-0.05, 0) is 25.5 Å². The quantitative estimate of drug-likeness (QED) is 0.837. The molecule has 24 heavy (non-hydrogen) atoms. The first-order valence-corrected chi connectivity index (χ1v) is 8.46. The summed E-state index contributed by atoms with van der Waals surface area (Å²) in [5, 5.41) is 4.07. The fraction of sp³-hybridized carbons (Fsp3) is 0.556. The highest BCUT2D eigenvalue weighted by atomic mass is 16.5. The molecule has 2 aromatic rings. The zero-order valence-electron chi connectivity index (χ0n) is 14.1. The highest BCUT2D eigenvalue weighted by Gasteiger charge is 2.46. The van der Waals surface area contributed by atoms with Gasteiger partial charge in [-0.15, -0.1) is 0 Å². The standard InChI is InChI=1S/C18H23N3O3/c1-12-15(13(2)24-20-12)7-21-8-18(16-10-22-11-17(16)21)23-9-14-4-3-5-19-6-14/h3-6,16-18H,7-11H2,1-2H3/t16-,17+,18-/m0/s1. The lowest BCUT2D eigenvalue weighted by Gasteiger charge is -2.21. The average Bonchev–Trinajstić information content (AvgIpc) is 3.27. The Bertz CT molecular complexity index is 669. The lowest BCUT2D eigenvalue weighted by molar-refractivity contribution is 0.00866. The Balaban J connectivity index is 1.44. The van der Waals surface area contributed by atoms with E-state index in [9.17, 15) is 0 Å². The van der Waals surface area contributed by atoms with E-state index in [4.69, 9.17) is 14.0 Å². The minimum atomic E-state index is 0.193. The molecular weight excluding hydrogens is 306 g/mol. The summed E-state index contributed by atoms with van der Waals surface area (Å²) >= 11 is 0. The summed E-state index contributed by atoms with van der Waals surface area (Å²) in [6.07, 6.45) is 3.84. The van der Waals surface area contributed by atoms with Gasteiger partial charge in [0.15, 0.2) is 0 Å². The molecule has 0 aliphatic carbocycles. The third-order valence-corrected chi connectivity index (χ3v) is 5.18. The smallest absolute Gasteiger partial charge is 0.138 e. The monoisotopic (exact) mass is 329 g/mol. The molecule has 3 atom stereocenters. The van der Waals surface area contributed by atoms with Gasteiger partial charge in [-0.25, -0.2) is 0 Å². The van der Waals surface area contributed by atoms with Gasteiger partial charge in [0.05, 0.1) is 31.6 Å². The molecule has 128 valence electrons. The molecule has 4 rings (SSSR count). The molecule has 6 heteroatoms. The van der Waals surface area contributed by atoms with Gasteiger partial charge in [0, 0.05) is 43.0 Å². The van der Waals surface area contributed by atoms with Crippen LogP contribution in [-0.4, -0.2) is 46.9 Å². The fourth-order valence-electron chi connectivity index (χ4n) is 3.77. The van der Waals surface area contributed by atoms with Crippen LogP contribution in [0, 0.1) is 19.8 Å². The molecule has 4 heterocycles. The summed E-state index contributed by atoms with van der Waals surface area (Å²) < 4.78 is 17.2. The molecular formula is C18H23N3O3. The predicted molar refractivity (Wildman–Crippen MR) is 87.3 cm³/mol. The third kappa shape index (κ3) is 2.97. The van der Waals surface area contributed by atoms with E-state index in [0.29, 0.717) is 18.6 Å². The van der Waals surface area contributed by atoms with Crippen LogP contribution >= 0.6 is 0 Å². The minimum Gasteiger partial charge on any atom is -0.379 e. The molecule has 0 bridgehead atoms. The number of hydrogen-bond donors (Lipinski definition) is 0. The Morgan fingerprint density at radius 1 is 1.33 bits per heavy atom. The van der Waals surface area contributed by atoms with E-state index < -0.39 is 0 Å². The summed E-state index contributed by atoms with van der Waals surface area (Å²) in [5.74, 6) is 1.34. The van der Waals surface area contributed by atoms with Crippen LogP contribution in [0.2, 0.25) is 0 Å². The molecule has 2 aromatic heterocycles. The Morgan fingerprint density at radius 3 is 3.00 bits per heavy atom. The topological polar surface area (TPSA) is 60.6 Å². The molecule has 0 unspecified atom stereocenters. The number of aryl methyl sites for hydroxylation is 2. The number of ether oxygens (including phenoxy) is 2. The minimum absolute atomic E-state index is 0.193. The van der Waals surface area contributed by atoms with E-state index >= 15 is 0 Å². The van der Waals surface area contributed by atoms with Crippen LogP contribution < -0.4 is 0 Å². The summed E-state index contributed by atoms with van der Waals surface area (Å²) in [4.78, 5) is 6.60. The molecule has 0 N–H and O–H groups in total. The number of nitrogens with zero attached hydrogens (tertiary/aromatic N) is 3. The Kier molecular flexibility index (Phi) is 4.35. The number of rotatable bonds is 5. The van der Waals surface area contributed by atoms with Crippen molar-refractivity contribution in [2.75, 3.05) is 19.8 Å². The molecule has 2 aliphatic rings. The first kappa shape index (κ1) is 15.7. The van der Waals surface area contributed by atoms with Crippen LogP contribution in [0.25, 0.3) is 0 Å². The van der Waals surface area contributed by atoms with Crippen molar-refractivity contribution in [3.05, 3.63) is 47.1 Å². The van der Waals surface area contributed by atoms with Crippen LogP contribution in [0.3, 0.4) is 0 Å². The normalized spacial score (nSPS) is 26.8. The summed E-state index contributed by atoms with van der Waals surface area (Å²) in [5.41, 5.74) is 3.27. The van der Waals surface area contributed by atoms with Crippen molar-refractivity contribution in [3.63, 3.8) is 0 Å². The van der Waals surface area contributed by atoms with Crippen molar-refractivity contribution < 1.29 is 14.0 Å². The van der Waals surface area contributed by atoms with Crippen molar-refractivity contribution in [1.29, 1.82) is 0 Å². The van der Waals surface area contributed by atoms with Crippen LogP contribution in [0.4, 0.5) is 0 Å². The second-order valence-corrected chi connectivity index (χ2v) is 6.71. The van der Waals surface area contributed by atoms with E-state index in [1.165, 1.54) is 5.56 Å². The largest absolute Gasteiger partial charge is 0.379 e. The average molecular weight is 329 g/mol. The summed E-state index contributed by atoms with van der Waals surface area (Å²) in [6, 6.07) is 4.41. The molecule has 0 radical (unpaired) electrons. The van der Waals surface area contributed by atoms with Crippen molar-refractivity contribution in [2.24, 2.45) is 5.92 Å². The fourth-order valence-corrected chi connectivity index (χ4v) is 3.77. The third-order valence-electron chi connectivity index (χ3n) is 5.18. The maximum absolute atomic E-state index is 6.21. The Morgan fingerprint density at radius 2 is 2.25 bits per heavy atom. The number of pyridine rings is 1. The van der Waals surface area contributed by atoms with Crippen molar-refractivity contribution >= 4 is 0 Å². The van der Waals surface area contributed by atoms with E-state index in [2.05, 4.69) is 15.0 Å². The number of fused-ring (bicyclic) bond motifs is 1. The first-order valence-electron chi connectivity index (χ1n) is 8.46. The molecule has 6 nitrogen and oxygen atoms in total. The van der Waals surface area contributed by atoms with Gasteiger partial charge in [0.1, 0.15) is 5.76 Å². The van der Waals surface area contributed by atoms with Gasteiger partial charge in [0.25, 0.3) is 0 Å². The van der Waals surface area contributed by atoms with Crippen molar-refractivity contribution in [3.8, 4) is 0 Å². The Hall–Kier alpha value is -1.76. The number of aromatic nitrogens is 2. The number of hydrogen-bond acceptors (Lipinski definition) is 6. The van der Waals surface area contributed by atoms with Crippen LogP contribution in [0.5, 0.6) is 0 Å². The molecule has 2 saturated heterocycles. The zero-order chi connectivity index (χ0) is 16.5. The van der Waals surface area contributed by atoms with Gasteiger partial charge < -0.3 is 14.0 Å². The lowest BCUT2D eigenvalue weighted by atomic mass is 10.0. The molecule has 2 fully saturated rings. The van der Waals surface area contributed by atoms with Crippen molar-refractivity contribution in [2.45, 2.75) is 39.1 Å². The van der Waals surface area contributed by atoms with Crippen LogP contribution in [-0.2, 0) is 22.6 Å². The number of likely N-dealkylation sites (tertiary alicyclic amines) is 1. The van der Waals surface area contributed by atoms with Crippen molar-refractivity contribution in [1.82, 2.24) is 15.0 Å². The molecule has 0 amide bonds. The van der Waals surface area contributed by atoms with Gasteiger partial charge in [-0.2, -0.15) is 0 Å². The predicted octanol–water partition coefficient (Wildman–Crippen LogP) is 2.10. The SMILES string of the molecule is Cc1noc(C)c1CN1C[C@H](OCc2cccnc2)[C@H]2COC[C@H]21. The van der Waals surface area contributed by atoms with Crippen LogP contribution in [0.15, 0.2) is 29.0 Å². The first-order chi connectivity index (χ1) is 11.7. The van der Waals surface area contributed by atoms with E-state index in [0.717, 1.165) is 43.3 Å². The summed E-state index contributed by atoms with van der Waals surface area (Å²) in [7, 11) is 0. The molecule has 2 aliphatic heterocycles. The van der Waals surface area contributed by atoms with Gasteiger partial charge in [-0.1, -0.05) is 11.2 Å². The second-order valence-electron chi connectivity index (χ2n) is 6.71. The maximum atomic E-state index is 6.21. The van der Waals surface area contributed by atoms with E-state index in [1.807, 2.05) is 32.2 Å². The molecule has 0 aromatic carbocycles. The van der Waals surface area contributed by atoms with Gasteiger partial charge >= 0.3 is 0 Å². The zero-order valence-corrected chi connectivity index (χ0v) is 14.1. The summed E-state index contributed by atoms with van der Waals surface area (Å²) in [6.45, 7) is 7.90. The van der Waals surface area contributed by atoms with Gasteiger partial charge in [0.2, 0.25) is 0 Å². The second kappa shape index (κ2) is 6.63. The van der Waals surface area contributed by atoms with Crippen LogP contribution in [0.1, 0.15) is 22.6 Å². The molecule has 0 saturated carbocycles. The lowest BCUT2D eigenvalue weighted by Crippen LogP contribution is -2.32. The highest BCUT2D eigenvalue weighted by Crippen LogP contribution is 2.34. The Labute approximate surface area is 141 Å². The maximum Gasteiger partial charge on any atom is 0.138 e. The van der Waals surface area contributed by atoms with E-state index in [1.54, 1.807) is 6.20 Å². The van der Waals surface area contributed by atoms with Gasteiger partial charge in [-0.3, -0.25) is 9.88 Å².